The summed E-state index contributed by atoms with van der Waals surface area (Å²) in [6, 6.07) is 12.9. The van der Waals surface area contributed by atoms with Gasteiger partial charge in [0.1, 0.15) is 6.04 Å². The van der Waals surface area contributed by atoms with Gasteiger partial charge in [0.15, 0.2) is 6.61 Å². The SMILES string of the molecule is CC(C)[C@H](NC(=O)c1ccc(C(C)(C)C)cc1)C(=O)OCC(=O)N1c2ccccc2NC(=O)CC1C. The van der Waals surface area contributed by atoms with Crippen LogP contribution in [0.15, 0.2) is 48.5 Å². The van der Waals surface area contributed by atoms with Gasteiger partial charge >= 0.3 is 5.97 Å². The molecule has 2 aromatic rings. The number of anilines is 2. The number of carbonyl (C=O) groups excluding carboxylic acids is 4. The minimum Gasteiger partial charge on any atom is -0.454 e. The van der Waals surface area contributed by atoms with Crippen molar-refractivity contribution < 1.29 is 23.9 Å². The first-order valence-electron chi connectivity index (χ1n) is 12.2. The Morgan fingerprint density at radius 1 is 1.08 bits per heavy atom. The van der Waals surface area contributed by atoms with Gasteiger partial charge in [0.25, 0.3) is 11.8 Å². The van der Waals surface area contributed by atoms with Gasteiger partial charge in [-0.2, -0.15) is 0 Å². The lowest BCUT2D eigenvalue weighted by Crippen LogP contribution is -2.47. The van der Waals surface area contributed by atoms with Crippen molar-refractivity contribution in [1.29, 1.82) is 0 Å². The van der Waals surface area contributed by atoms with Crippen molar-refractivity contribution in [2.24, 2.45) is 5.92 Å². The van der Waals surface area contributed by atoms with Crippen LogP contribution >= 0.6 is 0 Å². The summed E-state index contributed by atoms with van der Waals surface area (Å²) in [5.41, 5.74) is 2.56. The van der Waals surface area contributed by atoms with Gasteiger partial charge in [-0.15, -0.1) is 0 Å². The van der Waals surface area contributed by atoms with Gasteiger partial charge in [-0.05, 0) is 48.1 Å². The quantitative estimate of drug-likeness (QED) is 0.591. The zero-order valence-corrected chi connectivity index (χ0v) is 21.8. The minimum atomic E-state index is -0.926. The van der Waals surface area contributed by atoms with Gasteiger partial charge < -0.3 is 20.3 Å². The molecule has 192 valence electrons. The summed E-state index contributed by atoms with van der Waals surface area (Å²) in [5.74, 6) is -1.99. The number of benzene rings is 2. The maximum atomic E-state index is 13.1. The van der Waals surface area contributed by atoms with Crippen LogP contribution in [0, 0.1) is 5.92 Å². The molecule has 2 N–H and O–H groups in total. The number of hydrogen-bond acceptors (Lipinski definition) is 5. The fraction of sp³-hybridized carbons (Fsp3) is 0.429. The van der Waals surface area contributed by atoms with E-state index >= 15 is 0 Å². The first kappa shape index (κ1) is 26.9. The Hall–Kier alpha value is -3.68. The zero-order valence-electron chi connectivity index (χ0n) is 21.8. The molecule has 8 heteroatoms. The van der Waals surface area contributed by atoms with E-state index in [1.807, 2.05) is 12.1 Å². The van der Waals surface area contributed by atoms with Crippen LogP contribution in [0.25, 0.3) is 0 Å². The Kier molecular flexibility index (Phi) is 8.17. The van der Waals surface area contributed by atoms with Crippen molar-refractivity contribution in [3.63, 3.8) is 0 Å². The molecule has 0 fully saturated rings. The molecule has 1 unspecified atom stereocenters. The number of fused-ring (bicyclic) bond motifs is 1. The molecular weight excluding hydrogens is 458 g/mol. The van der Waals surface area contributed by atoms with Crippen molar-refractivity contribution in [2.75, 3.05) is 16.8 Å². The van der Waals surface area contributed by atoms with Crippen molar-refractivity contribution in [2.45, 2.75) is 65.5 Å². The largest absolute Gasteiger partial charge is 0.454 e. The van der Waals surface area contributed by atoms with E-state index in [4.69, 9.17) is 4.74 Å². The second-order valence-corrected chi connectivity index (χ2v) is 10.5. The second kappa shape index (κ2) is 10.9. The molecule has 2 aromatic carbocycles. The molecule has 0 aliphatic carbocycles. The summed E-state index contributed by atoms with van der Waals surface area (Å²) in [6.07, 6.45) is 0.118. The fourth-order valence-corrected chi connectivity index (χ4v) is 4.10. The van der Waals surface area contributed by atoms with Crippen LogP contribution in [0.5, 0.6) is 0 Å². The summed E-state index contributed by atoms with van der Waals surface area (Å²) < 4.78 is 5.36. The fourth-order valence-electron chi connectivity index (χ4n) is 4.10. The van der Waals surface area contributed by atoms with Crippen LogP contribution in [0.3, 0.4) is 0 Å². The number of ether oxygens (including phenoxy) is 1. The molecule has 8 nitrogen and oxygen atoms in total. The third-order valence-corrected chi connectivity index (χ3v) is 6.19. The molecule has 0 aromatic heterocycles. The molecule has 1 aliphatic heterocycles. The predicted molar refractivity (Wildman–Crippen MR) is 139 cm³/mol. The van der Waals surface area contributed by atoms with Gasteiger partial charge in [0, 0.05) is 18.0 Å². The van der Waals surface area contributed by atoms with E-state index in [1.165, 1.54) is 4.90 Å². The Labute approximate surface area is 212 Å². The highest BCUT2D eigenvalue weighted by Gasteiger charge is 2.32. The zero-order chi connectivity index (χ0) is 26.6. The van der Waals surface area contributed by atoms with Crippen LogP contribution in [-0.4, -0.2) is 42.4 Å². The maximum Gasteiger partial charge on any atom is 0.329 e. The van der Waals surface area contributed by atoms with E-state index in [9.17, 15) is 19.2 Å². The van der Waals surface area contributed by atoms with E-state index in [-0.39, 0.29) is 23.7 Å². The van der Waals surface area contributed by atoms with E-state index in [2.05, 4.69) is 31.4 Å². The van der Waals surface area contributed by atoms with Crippen LogP contribution in [0.2, 0.25) is 0 Å². The normalized spacial score (nSPS) is 16.5. The minimum absolute atomic E-state index is 0.0411. The van der Waals surface area contributed by atoms with Crippen LogP contribution in [0.1, 0.15) is 63.9 Å². The van der Waals surface area contributed by atoms with E-state index in [1.54, 1.807) is 57.2 Å². The molecule has 0 saturated heterocycles. The van der Waals surface area contributed by atoms with Crippen LogP contribution in [0.4, 0.5) is 11.4 Å². The summed E-state index contributed by atoms with van der Waals surface area (Å²) >= 11 is 0. The summed E-state index contributed by atoms with van der Waals surface area (Å²) in [5, 5.41) is 5.54. The Morgan fingerprint density at radius 3 is 2.33 bits per heavy atom. The highest BCUT2D eigenvalue weighted by molar-refractivity contribution is 6.05. The number of nitrogens with zero attached hydrogens (tertiary/aromatic N) is 1. The third-order valence-electron chi connectivity index (χ3n) is 6.19. The monoisotopic (exact) mass is 493 g/mol. The first-order valence-corrected chi connectivity index (χ1v) is 12.2. The van der Waals surface area contributed by atoms with Gasteiger partial charge in [0.2, 0.25) is 5.91 Å². The molecule has 1 heterocycles. The number of rotatable bonds is 6. The average molecular weight is 494 g/mol. The predicted octanol–water partition coefficient (Wildman–Crippen LogP) is 4.05. The van der Waals surface area contributed by atoms with Crippen LogP contribution in [-0.2, 0) is 24.5 Å². The lowest BCUT2D eigenvalue weighted by Gasteiger charge is -2.28. The number of para-hydroxylation sites is 2. The van der Waals surface area contributed by atoms with E-state index in [0.29, 0.717) is 16.9 Å². The third kappa shape index (κ3) is 6.30. The first-order chi connectivity index (χ1) is 16.9. The highest BCUT2D eigenvalue weighted by atomic mass is 16.5. The topological polar surface area (TPSA) is 105 Å². The van der Waals surface area contributed by atoms with Crippen molar-refractivity contribution >= 4 is 35.1 Å². The standard InChI is InChI=1S/C28H35N3O5/c1-17(2)25(30-26(34)19-11-13-20(14-12-19)28(4,5)6)27(35)36-16-24(33)31-18(3)15-23(32)29-21-9-7-8-10-22(21)31/h7-14,17-18,25H,15-16H2,1-6H3,(H,29,32)(H,30,34)/t18?,25-/m0/s1. The number of carbonyl (C=O) groups is 4. The van der Waals surface area contributed by atoms with E-state index < -0.39 is 36.5 Å². The molecule has 3 amide bonds. The number of esters is 1. The van der Waals surface area contributed by atoms with Crippen molar-refractivity contribution in [1.82, 2.24) is 5.32 Å². The Balaban J connectivity index is 1.68. The van der Waals surface area contributed by atoms with Crippen molar-refractivity contribution in [3.8, 4) is 0 Å². The molecule has 3 rings (SSSR count). The molecule has 36 heavy (non-hydrogen) atoms. The van der Waals surface area contributed by atoms with Gasteiger partial charge in [-0.3, -0.25) is 14.4 Å². The Morgan fingerprint density at radius 2 is 1.72 bits per heavy atom. The molecule has 2 atom stereocenters. The smallest absolute Gasteiger partial charge is 0.329 e. The molecular formula is C28H35N3O5. The van der Waals surface area contributed by atoms with Gasteiger partial charge in [0.05, 0.1) is 11.4 Å². The number of amides is 3. The number of nitrogens with one attached hydrogen (secondary N) is 2. The van der Waals surface area contributed by atoms with Gasteiger partial charge in [-0.1, -0.05) is 58.9 Å². The lowest BCUT2D eigenvalue weighted by molar-refractivity contribution is -0.150. The molecule has 0 spiro atoms. The Bertz CT molecular complexity index is 1130. The average Bonchev–Trinajstić information content (AvgIpc) is 2.94. The van der Waals surface area contributed by atoms with Crippen molar-refractivity contribution in [3.05, 3.63) is 59.7 Å². The lowest BCUT2D eigenvalue weighted by atomic mass is 9.86. The summed E-state index contributed by atoms with van der Waals surface area (Å²) in [6.45, 7) is 11.1. The van der Waals surface area contributed by atoms with Crippen LogP contribution < -0.4 is 15.5 Å². The molecule has 0 bridgehead atoms. The van der Waals surface area contributed by atoms with E-state index in [0.717, 1.165) is 5.56 Å². The number of hydrogen-bond donors (Lipinski definition) is 2. The van der Waals surface area contributed by atoms with Gasteiger partial charge in [-0.25, -0.2) is 4.79 Å². The molecule has 0 radical (unpaired) electrons. The maximum absolute atomic E-state index is 13.1. The second-order valence-electron chi connectivity index (χ2n) is 10.5. The molecule has 1 aliphatic rings. The molecule has 0 saturated carbocycles. The summed E-state index contributed by atoms with van der Waals surface area (Å²) in [7, 11) is 0. The summed E-state index contributed by atoms with van der Waals surface area (Å²) in [4.78, 5) is 52.5. The highest BCUT2D eigenvalue weighted by Crippen LogP contribution is 2.31.